The molecule has 0 aliphatic carbocycles. The van der Waals surface area contributed by atoms with Crippen molar-refractivity contribution in [1.82, 2.24) is 0 Å². The normalized spacial score (nSPS) is 11.3. The van der Waals surface area contributed by atoms with Crippen LogP contribution in [0, 0.1) is 0 Å². The van der Waals surface area contributed by atoms with Gasteiger partial charge in [0, 0.05) is 0 Å². The number of benzene rings is 2. The standard InChI is InChI=1S/C15H9F5Se2/c16-13(17)14(21-11-4-2-1-3-5-11)22-12-8-6-10(7-9-12)15(18,19)20/h1-9H. The Morgan fingerprint density at radius 1 is 0.727 bits per heavy atom. The zero-order chi connectivity index (χ0) is 16.2. The third-order valence-corrected chi connectivity index (χ3v) is 7.87. The van der Waals surface area contributed by atoms with E-state index in [1.807, 2.05) is 0 Å². The molecule has 0 spiro atoms. The molecule has 2 rings (SSSR count). The van der Waals surface area contributed by atoms with Crippen molar-refractivity contribution in [3.05, 3.63) is 69.6 Å². The summed E-state index contributed by atoms with van der Waals surface area (Å²) in [6.45, 7) is 0. The second kappa shape index (κ2) is 7.42. The van der Waals surface area contributed by atoms with E-state index >= 15 is 0 Å². The van der Waals surface area contributed by atoms with Gasteiger partial charge in [0.2, 0.25) is 0 Å². The van der Waals surface area contributed by atoms with E-state index in [9.17, 15) is 22.0 Å². The van der Waals surface area contributed by atoms with Crippen LogP contribution >= 0.6 is 0 Å². The SMILES string of the molecule is FC(F)=C([Se]c1ccccc1)[Se]c1ccc(C(F)(F)F)cc1. The van der Waals surface area contributed by atoms with Crippen LogP contribution in [0.15, 0.2) is 64.0 Å². The van der Waals surface area contributed by atoms with Crippen LogP contribution < -0.4 is 8.92 Å². The molecule has 0 radical (unpaired) electrons. The number of hydrogen-bond donors (Lipinski definition) is 0. The third-order valence-electron chi connectivity index (χ3n) is 2.50. The van der Waals surface area contributed by atoms with Gasteiger partial charge in [0.25, 0.3) is 0 Å². The summed E-state index contributed by atoms with van der Waals surface area (Å²) >= 11 is -1.21. The monoisotopic (exact) mass is 444 g/mol. The molecule has 0 atom stereocenters. The average molecular weight is 442 g/mol. The van der Waals surface area contributed by atoms with Crippen LogP contribution in [0.25, 0.3) is 0 Å². The van der Waals surface area contributed by atoms with Crippen LogP contribution in [0.3, 0.4) is 0 Å². The van der Waals surface area contributed by atoms with Crippen LogP contribution in [-0.2, 0) is 6.18 Å². The van der Waals surface area contributed by atoms with Gasteiger partial charge in [-0.25, -0.2) is 0 Å². The van der Waals surface area contributed by atoms with Crippen molar-refractivity contribution in [3.8, 4) is 0 Å². The van der Waals surface area contributed by atoms with Gasteiger partial charge >= 0.3 is 137 Å². The number of alkyl halides is 3. The molecule has 0 aliphatic rings. The molecule has 7 heteroatoms. The van der Waals surface area contributed by atoms with Crippen LogP contribution in [0.1, 0.15) is 5.56 Å². The van der Waals surface area contributed by atoms with Crippen molar-refractivity contribution >= 4 is 38.8 Å². The van der Waals surface area contributed by atoms with E-state index in [1.54, 1.807) is 30.3 Å². The third kappa shape index (κ3) is 4.96. The van der Waals surface area contributed by atoms with Gasteiger partial charge in [-0.1, -0.05) is 0 Å². The summed E-state index contributed by atoms with van der Waals surface area (Å²) in [6.07, 6.45) is -6.15. The minimum atomic E-state index is -4.41. The van der Waals surface area contributed by atoms with Crippen LogP contribution in [0.5, 0.6) is 0 Å². The molecule has 0 saturated carbocycles. The van der Waals surface area contributed by atoms with E-state index in [-0.39, 0.29) is 3.37 Å². The Bertz CT molecular complexity index is 644. The summed E-state index contributed by atoms with van der Waals surface area (Å²) in [4.78, 5) is 0. The molecular formula is C15H9F5Se2. The van der Waals surface area contributed by atoms with Gasteiger partial charge in [0.15, 0.2) is 0 Å². The fraction of sp³-hybridized carbons (Fsp3) is 0.0667. The molecule has 2 aromatic rings. The summed E-state index contributed by atoms with van der Waals surface area (Å²) < 4.78 is 64.9. The molecule has 0 fully saturated rings. The Labute approximate surface area is 136 Å². The predicted octanol–water partition coefficient (Wildman–Crippen LogP) is 3.13. The van der Waals surface area contributed by atoms with E-state index in [2.05, 4.69) is 0 Å². The van der Waals surface area contributed by atoms with Crippen molar-refractivity contribution in [2.45, 2.75) is 6.18 Å². The molecule has 0 heterocycles. The molecule has 0 nitrogen and oxygen atoms in total. The fourth-order valence-electron chi connectivity index (χ4n) is 1.51. The second-order valence-electron chi connectivity index (χ2n) is 4.09. The van der Waals surface area contributed by atoms with Crippen molar-refractivity contribution in [2.75, 3.05) is 0 Å². The van der Waals surface area contributed by atoms with Crippen molar-refractivity contribution in [3.63, 3.8) is 0 Å². The fourth-order valence-corrected chi connectivity index (χ4v) is 6.56. The Balaban J connectivity index is 2.14. The van der Waals surface area contributed by atoms with Gasteiger partial charge in [0.05, 0.1) is 0 Å². The van der Waals surface area contributed by atoms with E-state index in [0.717, 1.165) is 16.6 Å². The quantitative estimate of drug-likeness (QED) is 0.505. The molecule has 0 amide bonds. The minimum absolute atomic E-state index is 0.0333. The van der Waals surface area contributed by atoms with E-state index in [1.165, 1.54) is 12.1 Å². The van der Waals surface area contributed by atoms with E-state index < -0.39 is 47.7 Å². The van der Waals surface area contributed by atoms with Crippen molar-refractivity contribution in [2.24, 2.45) is 0 Å². The van der Waals surface area contributed by atoms with Crippen molar-refractivity contribution in [1.29, 1.82) is 0 Å². The Morgan fingerprint density at radius 2 is 1.23 bits per heavy atom. The topological polar surface area (TPSA) is 0 Å². The Morgan fingerprint density at radius 3 is 1.68 bits per heavy atom. The van der Waals surface area contributed by atoms with Crippen LogP contribution in [0.2, 0.25) is 0 Å². The summed E-state index contributed by atoms with van der Waals surface area (Å²) in [7, 11) is 0. The maximum absolute atomic E-state index is 13.1. The van der Waals surface area contributed by atoms with Gasteiger partial charge in [-0.3, -0.25) is 0 Å². The molecule has 0 unspecified atom stereocenters. The van der Waals surface area contributed by atoms with Crippen LogP contribution in [0.4, 0.5) is 22.0 Å². The second-order valence-corrected chi connectivity index (χ2v) is 9.95. The molecule has 0 saturated heterocycles. The maximum atomic E-state index is 13.1. The van der Waals surface area contributed by atoms with Gasteiger partial charge in [-0.05, 0) is 0 Å². The molecule has 0 aliphatic heterocycles. The number of rotatable bonds is 4. The number of halogens is 5. The van der Waals surface area contributed by atoms with Gasteiger partial charge in [-0.15, -0.1) is 0 Å². The summed E-state index contributed by atoms with van der Waals surface area (Å²) in [5.41, 5.74) is -0.771. The first-order chi connectivity index (χ1) is 10.4. The number of hydrogen-bond acceptors (Lipinski definition) is 0. The Kier molecular flexibility index (Phi) is 5.81. The van der Waals surface area contributed by atoms with Gasteiger partial charge < -0.3 is 0 Å². The Hall–Kier alpha value is -1.13. The first kappa shape index (κ1) is 17.2. The molecule has 0 N–H and O–H groups in total. The molecule has 2 aromatic carbocycles. The zero-order valence-corrected chi connectivity index (χ0v) is 14.3. The first-order valence-electron chi connectivity index (χ1n) is 5.99. The molecule has 116 valence electrons. The van der Waals surface area contributed by atoms with Gasteiger partial charge in [0.1, 0.15) is 0 Å². The van der Waals surface area contributed by atoms with E-state index in [0.29, 0.717) is 4.46 Å². The molecular weight excluding hydrogens is 433 g/mol. The first-order valence-corrected chi connectivity index (χ1v) is 9.42. The molecule has 0 aromatic heterocycles. The average Bonchev–Trinajstić information content (AvgIpc) is 2.47. The molecule has 0 bridgehead atoms. The summed E-state index contributed by atoms with van der Waals surface area (Å²) in [5, 5.41) is 0. The summed E-state index contributed by atoms with van der Waals surface area (Å²) in [5.74, 6) is 0. The van der Waals surface area contributed by atoms with E-state index in [4.69, 9.17) is 0 Å². The molecule has 22 heavy (non-hydrogen) atoms. The zero-order valence-electron chi connectivity index (χ0n) is 10.9. The van der Waals surface area contributed by atoms with Crippen molar-refractivity contribution < 1.29 is 22.0 Å². The summed E-state index contributed by atoms with van der Waals surface area (Å²) in [6, 6.07) is 13.3. The van der Waals surface area contributed by atoms with Crippen LogP contribution in [-0.4, -0.2) is 29.9 Å². The predicted molar refractivity (Wildman–Crippen MR) is 77.9 cm³/mol. The van der Waals surface area contributed by atoms with Gasteiger partial charge in [-0.2, -0.15) is 0 Å².